The molecule has 0 N–H and O–H groups in total. The monoisotopic (exact) mass is 230 g/mol. The molecule has 0 radical (unpaired) electrons. The summed E-state index contributed by atoms with van der Waals surface area (Å²) in [6, 6.07) is 0. The Balaban J connectivity index is 3.58. The standard InChI is InChI=1S/C12H22S2/c1-5-7-9-13-11(3)12(4)14-10-8-6-2/h5-8,11-12H,9-10H2,1-4H3. The molecule has 0 rings (SSSR count). The first-order chi connectivity index (χ1) is 6.72. The van der Waals surface area contributed by atoms with Gasteiger partial charge in [-0.15, -0.1) is 0 Å². The first-order valence-corrected chi connectivity index (χ1v) is 7.27. The van der Waals surface area contributed by atoms with Crippen molar-refractivity contribution in [3.8, 4) is 0 Å². The summed E-state index contributed by atoms with van der Waals surface area (Å²) < 4.78 is 0. The molecule has 0 spiro atoms. The molecule has 2 atom stereocenters. The van der Waals surface area contributed by atoms with Gasteiger partial charge < -0.3 is 0 Å². The lowest BCUT2D eigenvalue weighted by Gasteiger charge is -2.17. The Morgan fingerprint density at radius 2 is 1.21 bits per heavy atom. The zero-order valence-corrected chi connectivity index (χ0v) is 11.3. The molecule has 0 saturated heterocycles. The van der Waals surface area contributed by atoms with E-state index in [-0.39, 0.29) is 0 Å². The maximum Gasteiger partial charge on any atom is 0.0138 e. The smallest absolute Gasteiger partial charge is 0.0138 e. The first-order valence-electron chi connectivity index (χ1n) is 5.17. The molecule has 0 aliphatic heterocycles. The summed E-state index contributed by atoms with van der Waals surface area (Å²) in [7, 11) is 0. The molecule has 0 amide bonds. The lowest BCUT2D eigenvalue weighted by molar-refractivity contribution is 0.929. The molecule has 0 aromatic rings. The van der Waals surface area contributed by atoms with E-state index >= 15 is 0 Å². The van der Waals surface area contributed by atoms with Crippen molar-refractivity contribution in [3.63, 3.8) is 0 Å². The molecule has 0 aromatic heterocycles. The van der Waals surface area contributed by atoms with E-state index in [1.165, 1.54) is 0 Å². The molecule has 0 aromatic carbocycles. The van der Waals surface area contributed by atoms with Gasteiger partial charge in [-0.25, -0.2) is 0 Å². The first kappa shape index (κ1) is 14.2. The summed E-state index contributed by atoms with van der Waals surface area (Å²) in [5.41, 5.74) is 0. The van der Waals surface area contributed by atoms with Crippen LogP contribution in [-0.4, -0.2) is 22.0 Å². The van der Waals surface area contributed by atoms with Gasteiger partial charge in [0.15, 0.2) is 0 Å². The molecular weight excluding hydrogens is 208 g/mol. The summed E-state index contributed by atoms with van der Waals surface area (Å²) in [5, 5.41) is 1.47. The Kier molecular flexibility index (Phi) is 9.85. The van der Waals surface area contributed by atoms with E-state index in [4.69, 9.17) is 0 Å². The van der Waals surface area contributed by atoms with Gasteiger partial charge in [-0.05, 0) is 13.8 Å². The largest absolute Gasteiger partial charge is 0.154 e. The minimum atomic E-state index is 0.737. The highest BCUT2D eigenvalue weighted by molar-refractivity contribution is 8.03. The Morgan fingerprint density at radius 1 is 0.857 bits per heavy atom. The number of allylic oxidation sites excluding steroid dienone is 2. The van der Waals surface area contributed by atoms with Gasteiger partial charge in [0.1, 0.15) is 0 Å². The van der Waals surface area contributed by atoms with Crippen LogP contribution in [-0.2, 0) is 0 Å². The molecule has 0 saturated carbocycles. The number of hydrogen-bond acceptors (Lipinski definition) is 2. The van der Waals surface area contributed by atoms with Gasteiger partial charge in [-0.2, -0.15) is 23.5 Å². The van der Waals surface area contributed by atoms with Crippen LogP contribution < -0.4 is 0 Å². The van der Waals surface area contributed by atoms with Crippen LogP contribution in [0.15, 0.2) is 24.3 Å². The summed E-state index contributed by atoms with van der Waals surface area (Å²) in [6.07, 6.45) is 8.70. The molecule has 0 fully saturated rings. The number of rotatable bonds is 7. The van der Waals surface area contributed by atoms with Crippen molar-refractivity contribution in [2.75, 3.05) is 11.5 Å². The predicted molar refractivity (Wildman–Crippen MR) is 73.5 cm³/mol. The Morgan fingerprint density at radius 3 is 1.50 bits per heavy atom. The summed E-state index contributed by atoms with van der Waals surface area (Å²) in [4.78, 5) is 0. The Bertz CT molecular complexity index is 153. The lowest BCUT2D eigenvalue weighted by atomic mass is 10.4. The molecule has 0 nitrogen and oxygen atoms in total. The summed E-state index contributed by atoms with van der Waals surface area (Å²) in [5.74, 6) is 2.29. The van der Waals surface area contributed by atoms with E-state index in [2.05, 4.69) is 52.0 Å². The van der Waals surface area contributed by atoms with Crippen molar-refractivity contribution >= 4 is 23.5 Å². The lowest BCUT2D eigenvalue weighted by Crippen LogP contribution is -2.13. The molecular formula is C12H22S2. The zero-order chi connectivity index (χ0) is 10.8. The average Bonchev–Trinajstić information content (AvgIpc) is 2.18. The topological polar surface area (TPSA) is 0 Å². The van der Waals surface area contributed by atoms with Gasteiger partial charge in [-0.1, -0.05) is 38.2 Å². The van der Waals surface area contributed by atoms with Crippen LogP contribution >= 0.6 is 23.5 Å². The highest BCUT2D eigenvalue weighted by Crippen LogP contribution is 2.24. The van der Waals surface area contributed by atoms with E-state index in [0.29, 0.717) is 0 Å². The van der Waals surface area contributed by atoms with Gasteiger partial charge in [0.25, 0.3) is 0 Å². The van der Waals surface area contributed by atoms with E-state index in [9.17, 15) is 0 Å². The molecule has 0 heterocycles. The summed E-state index contributed by atoms with van der Waals surface area (Å²) in [6.45, 7) is 8.80. The Hall–Kier alpha value is 0.180. The van der Waals surface area contributed by atoms with Crippen molar-refractivity contribution in [2.45, 2.75) is 38.2 Å². The van der Waals surface area contributed by atoms with Crippen LogP contribution in [0.25, 0.3) is 0 Å². The Labute approximate surface area is 97.6 Å². The minimum Gasteiger partial charge on any atom is -0.154 e. The van der Waals surface area contributed by atoms with Crippen molar-refractivity contribution in [2.24, 2.45) is 0 Å². The van der Waals surface area contributed by atoms with Crippen LogP contribution in [0.4, 0.5) is 0 Å². The summed E-state index contributed by atoms with van der Waals surface area (Å²) >= 11 is 4.07. The second-order valence-corrected chi connectivity index (χ2v) is 6.04. The van der Waals surface area contributed by atoms with Crippen LogP contribution in [0.3, 0.4) is 0 Å². The SMILES string of the molecule is CC=CCSC(C)C(C)SCC=CC. The van der Waals surface area contributed by atoms with Crippen molar-refractivity contribution in [1.82, 2.24) is 0 Å². The number of thioether (sulfide) groups is 2. The zero-order valence-electron chi connectivity index (χ0n) is 9.69. The molecule has 2 unspecified atom stereocenters. The minimum absolute atomic E-state index is 0.737. The fraction of sp³-hybridized carbons (Fsp3) is 0.667. The average molecular weight is 230 g/mol. The van der Waals surface area contributed by atoms with E-state index in [1.807, 2.05) is 23.5 Å². The van der Waals surface area contributed by atoms with Crippen molar-refractivity contribution in [1.29, 1.82) is 0 Å². The predicted octanol–water partition coefficient (Wildman–Crippen LogP) is 4.38. The van der Waals surface area contributed by atoms with Crippen molar-refractivity contribution < 1.29 is 0 Å². The van der Waals surface area contributed by atoms with E-state index in [0.717, 1.165) is 22.0 Å². The second kappa shape index (κ2) is 9.72. The molecule has 0 bridgehead atoms. The molecule has 82 valence electrons. The van der Waals surface area contributed by atoms with Crippen LogP contribution in [0.2, 0.25) is 0 Å². The van der Waals surface area contributed by atoms with Gasteiger partial charge in [-0.3, -0.25) is 0 Å². The van der Waals surface area contributed by atoms with E-state index < -0.39 is 0 Å². The molecule has 0 aliphatic rings. The van der Waals surface area contributed by atoms with Gasteiger partial charge in [0.2, 0.25) is 0 Å². The van der Waals surface area contributed by atoms with E-state index in [1.54, 1.807) is 0 Å². The van der Waals surface area contributed by atoms with Crippen LogP contribution in [0.5, 0.6) is 0 Å². The van der Waals surface area contributed by atoms with Gasteiger partial charge >= 0.3 is 0 Å². The van der Waals surface area contributed by atoms with Gasteiger partial charge in [0.05, 0.1) is 0 Å². The maximum absolute atomic E-state index is 2.32. The second-order valence-electron chi connectivity index (χ2n) is 3.21. The normalized spacial score (nSPS) is 16.6. The molecule has 2 heteroatoms. The third-order valence-corrected chi connectivity index (χ3v) is 4.85. The van der Waals surface area contributed by atoms with Crippen LogP contribution in [0.1, 0.15) is 27.7 Å². The molecule has 0 aliphatic carbocycles. The molecule has 14 heavy (non-hydrogen) atoms. The quantitative estimate of drug-likeness (QED) is 0.595. The number of hydrogen-bond donors (Lipinski definition) is 0. The fourth-order valence-electron chi connectivity index (χ4n) is 0.878. The fourth-order valence-corrected chi connectivity index (χ4v) is 3.11. The van der Waals surface area contributed by atoms with Gasteiger partial charge in [0, 0.05) is 22.0 Å². The highest BCUT2D eigenvalue weighted by Gasteiger charge is 2.11. The highest BCUT2D eigenvalue weighted by atomic mass is 32.2. The van der Waals surface area contributed by atoms with Crippen molar-refractivity contribution in [3.05, 3.63) is 24.3 Å². The third-order valence-electron chi connectivity index (χ3n) is 2.04. The third kappa shape index (κ3) is 7.57. The maximum atomic E-state index is 2.32. The van der Waals surface area contributed by atoms with Crippen LogP contribution in [0, 0.1) is 0 Å².